The van der Waals surface area contributed by atoms with Crippen molar-refractivity contribution in [3.05, 3.63) is 24.6 Å². The summed E-state index contributed by atoms with van der Waals surface area (Å²) in [5, 5.41) is 3.64. The lowest BCUT2D eigenvalue weighted by molar-refractivity contribution is 0.418. The van der Waals surface area contributed by atoms with Crippen LogP contribution in [0, 0.1) is 0 Å². The first kappa shape index (κ1) is 5.09. The molecule has 0 saturated carbocycles. The Balaban J connectivity index is 2.93. The van der Waals surface area contributed by atoms with Crippen LogP contribution in [0.1, 0.15) is 12.6 Å². The van der Waals surface area contributed by atoms with Crippen molar-refractivity contribution < 1.29 is 4.52 Å². The third kappa shape index (κ3) is 0.780. The van der Waals surface area contributed by atoms with Crippen molar-refractivity contribution >= 4 is 5.57 Å². The molecule has 2 nitrogen and oxygen atoms in total. The number of nitrogens with zero attached hydrogens (tertiary/aromatic N) is 1. The third-order valence-electron chi connectivity index (χ3n) is 0.875. The minimum absolute atomic E-state index is 0.824. The van der Waals surface area contributed by atoms with Gasteiger partial charge in [-0.1, -0.05) is 11.7 Å². The van der Waals surface area contributed by atoms with Crippen LogP contribution in [0.2, 0.25) is 0 Å². The van der Waals surface area contributed by atoms with Crippen LogP contribution in [0.4, 0.5) is 0 Å². The Morgan fingerprint density at radius 2 is 2.62 bits per heavy atom. The van der Waals surface area contributed by atoms with E-state index in [0.29, 0.717) is 0 Å². The van der Waals surface area contributed by atoms with Crippen molar-refractivity contribution in [2.75, 3.05) is 0 Å². The van der Waals surface area contributed by atoms with Gasteiger partial charge >= 0.3 is 0 Å². The van der Waals surface area contributed by atoms with E-state index in [1.165, 1.54) is 6.26 Å². The molecule has 0 aliphatic heterocycles. The number of hydrogen-bond acceptors (Lipinski definition) is 2. The molecule has 0 spiro atoms. The highest BCUT2D eigenvalue weighted by atomic mass is 16.5. The summed E-state index contributed by atoms with van der Waals surface area (Å²) in [5.41, 5.74) is 1.75. The molecule has 1 heterocycles. The molecule has 0 radical (unpaired) electrons. The van der Waals surface area contributed by atoms with Crippen LogP contribution in [-0.2, 0) is 0 Å². The predicted octanol–water partition coefficient (Wildman–Crippen LogP) is 1.71. The molecule has 0 unspecified atom stereocenters. The molecule has 0 amide bonds. The van der Waals surface area contributed by atoms with E-state index in [0.717, 1.165) is 11.3 Å². The molecule has 0 fully saturated rings. The molecule has 1 aromatic rings. The monoisotopic (exact) mass is 109 g/mol. The van der Waals surface area contributed by atoms with Crippen LogP contribution in [0.3, 0.4) is 0 Å². The zero-order valence-corrected chi connectivity index (χ0v) is 4.72. The van der Waals surface area contributed by atoms with Gasteiger partial charge in [0.1, 0.15) is 12.0 Å². The molecule has 0 atom stereocenters. The molecule has 1 aromatic heterocycles. The SMILES string of the molecule is C=C(C)c1ccon1. The van der Waals surface area contributed by atoms with Crippen LogP contribution < -0.4 is 0 Å². The van der Waals surface area contributed by atoms with Gasteiger partial charge in [0, 0.05) is 6.07 Å². The van der Waals surface area contributed by atoms with E-state index in [1.807, 2.05) is 6.92 Å². The van der Waals surface area contributed by atoms with E-state index < -0.39 is 0 Å². The molecule has 2 heteroatoms. The van der Waals surface area contributed by atoms with E-state index >= 15 is 0 Å². The summed E-state index contributed by atoms with van der Waals surface area (Å²) >= 11 is 0. The minimum Gasteiger partial charge on any atom is -0.364 e. The Bertz CT molecular complexity index is 176. The van der Waals surface area contributed by atoms with Gasteiger partial charge in [0.25, 0.3) is 0 Å². The second-order valence-corrected chi connectivity index (χ2v) is 1.67. The Kier molecular flexibility index (Phi) is 1.16. The molecule has 1 rings (SSSR count). The molecular formula is C6H7NO. The maximum absolute atomic E-state index is 4.56. The quantitative estimate of drug-likeness (QED) is 0.548. The minimum atomic E-state index is 0.824. The van der Waals surface area contributed by atoms with E-state index in [-0.39, 0.29) is 0 Å². The van der Waals surface area contributed by atoms with Gasteiger partial charge in [0.15, 0.2) is 0 Å². The van der Waals surface area contributed by atoms with E-state index in [9.17, 15) is 0 Å². The highest BCUT2D eigenvalue weighted by molar-refractivity contribution is 5.56. The molecule has 0 aliphatic carbocycles. The molecular weight excluding hydrogens is 102 g/mol. The zero-order chi connectivity index (χ0) is 5.98. The summed E-state index contributed by atoms with van der Waals surface area (Å²) in [6.07, 6.45) is 1.53. The van der Waals surface area contributed by atoms with Crippen molar-refractivity contribution in [3.8, 4) is 0 Å². The fourth-order valence-corrected chi connectivity index (χ4v) is 0.433. The normalized spacial score (nSPS) is 9.12. The maximum Gasteiger partial charge on any atom is 0.124 e. The van der Waals surface area contributed by atoms with Crippen LogP contribution in [0.25, 0.3) is 5.57 Å². The number of hydrogen-bond donors (Lipinski definition) is 0. The summed E-state index contributed by atoms with van der Waals surface area (Å²) in [5.74, 6) is 0. The maximum atomic E-state index is 4.56. The smallest absolute Gasteiger partial charge is 0.124 e. The van der Waals surface area contributed by atoms with Gasteiger partial charge in [0.05, 0.1) is 0 Å². The van der Waals surface area contributed by atoms with Crippen molar-refractivity contribution in [3.63, 3.8) is 0 Å². The lowest BCUT2D eigenvalue weighted by Crippen LogP contribution is -1.72. The second kappa shape index (κ2) is 1.82. The van der Waals surface area contributed by atoms with Gasteiger partial charge in [-0.2, -0.15) is 0 Å². The first-order valence-corrected chi connectivity index (χ1v) is 2.37. The van der Waals surface area contributed by atoms with Crippen LogP contribution in [0.15, 0.2) is 23.4 Å². The molecule has 0 bridgehead atoms. The highest BCUT2D eigenvalue weighted by Crippen LogP contribution is 2.05. The second-order valence-electron chi connectivity index (χ2n) is 1.67. The van der Waals surface area contributed by atoms with Crippen molar-refractivity contribution in [2.45, 2.75) is 6.92 Å². The van der Waals surface area contributed by atoms with Gasteiger partial charge in [-0.05, 0) is 12.5 Å². The summed E-state index contributed by atoms with van der Waals surface area (Å²) in [6, 6.07) is 1.78. The Morgan fingerprint density at radius 1 is 1.88 bits per heavy atom. The third-order valence-corrected chi connectivity index (χ3v) is 0.875. The fourth-order valence-electron chi connectivity index (χ4n) is 0.433. The largest absolute Gasteiger partial charge is 0.364 e. The molecule has 0 aliphatic rings. The van der Waals surface area contributed by atoms with Gasteiger partial charge < -0.3 is 4.52 Å². The standard InChI is InChI=1S/C6H7NO/c1-5(2)6-3-4-8-7-6/h3-4H,1H2,2H3. The van der Waals surface area contributed by atoms with Crippen LogP contribution in [0.5, 0.6) is 0 Å². The average molecular weight is 109 g/mol. The number of aromatic nitrogens is 1. The number of allylic oxidation sites excluding steroid dienone is 1. The first-order valence-electron chi connectivity index (χ1n) is 2.37. The van der Waals surface area contributed by atoms with Gasteiger partial charge in [-0.3, -0.25) is 0 Å². The van der Waals surface area contributed by atoms with Crippen LogP contribution in [-0.4, -0.2) is 5.16 Å². The van der Waals surface area contributed by atoms with E-state index in [1.54, 1.807) is 6.07 Å². The summed E-state index contributed by atoms with van der Waals surface area (Å²) < 4.78 is 4.56. The zero-order valence-electron chi connectivity index (χ0n) is 4.72. The van der Waals surface area contributed by atoms with Crippen molar-refractivity contribution in [2.24, 2.45) is 0 Å². The Labute approximate surface area is 47.8 Å². The Hall–Kier alpha value is -1.05. The van der Waals surface area contributed by atoms with Crippen molar-refractivity contribution in [1.29, 1.82) is 0 Å². The molecule has 8 heavy (non-hydrogen) atoms. The fraction of sp³-hybridized carbons (Fsp3) is 0.167. The van der Waals surface area contributed by atoms with Gasteiger partial charge in [-0.25, -0.2) is 0 Å². The number of rotatable bonds is 1. The summed E-state index contributed by atoms with van der Waals surface area (Å²) in [4.78, 5) is 0. The van der Waals surface area contributed by atoms with Gasteiger partial charge in [-0.15, -0.1) is 0 Å². The lowest BCUT2D eigenvalue weighted by atomic mass is 10.3. The first-order chi connectivity index (χ1) is 3.80. The summed E-state index contributed by atoms with van der Waals surface area (Å²) in [6.45, 7) is 5.56. The molecule has 0 aromatic carbocycles. The molecule has 42 valence electrons. The highest BCUT2D eigenvalue weighted by Gasteiger charge is 1.92. The molecule has 0 saturated heterocycles. The summed E-state index contributed by atoms with van der Waals surface area (Å²) in [7, 11) is 0. The predicted molar refractivity (Wildman–Crippen MR) is 31.2 cm³/mol. The molecule has 0 N–H and O–H groups in total. The topological polar surface area (TPSA) is 26.0 Å². The van der Waals surface area contributed by atoms with E-state index in [2.05, 4.69) is 16.3 Å². The van der Waals surface area contributed by atoms with E-state index in [4.69, 9.17) is 0 Å². The average Bonchev–Trinajstić information content (AvgIpc) is 2.12. The van der Waals surface area contributed by atoms with Crippen molar-refractivity contribution in [1.82, 2.24) is 5.16 Å². The lowest BCUT2D eigenvalue weighted by Gasteiger charge is -1.83. The Morgan fingerprint density at radius 3 is 2.88 bits per heavy atom. The van der Waals surface area contributed by atoms with Gasteiger partial charge in [0.2, 0.25) is 0 Å². The van der Waals surface area contributed by atoms with Crippen LogP contribution >= 0.6 is 0 Å².